The molecule has 0 aromatic heterocycles. The lowest BCUT2D eigenvalue weighted by molar-refractivity contribution is -0.146. The van der Waals surface area contributed by atoms with Crippen LogP contribution in [0.1, 0.15) is 12.5 Å². The van der Waals surface area contributed by atoms with E-state index in [1.54, 1.807) is 25.1 Å². The summed E-state index contributed by atoms with van der Waals surface area (Å²) in [5.41, 5.74) is 0.708. The van der Waals surface area contributed by atoms with E-state index < -0.39 is 5.97 Å². The second-order valence-electron chi connectivity index (χ2n) is 3.88. The third-order valence-electron chi connectivity index (χ3n) is 2.34. The average Bonchev–Trinajstić information content (AvgIpc) is 2.37. The van der Waals surface area contributed by atoms with E-state index in [-0.39, 0.29) is 24.9 Å². The van der Waals surface area contributed by atoms with Crippen LogP contribution in [0.4, 0.5) is 4.39 Å². The molecule has 0 heterocycles. The lowest BCUT2D eigenvalue weighted by Gasteiger charge is -2.13. The number of ether oxygens (including phenoxy) is 1. The summed E-state index contributed by atoms with van der Waals surface area (Å²) in [6, 6.07) is 5.74. The van der Waals surface area contributed by atoms with Gasteiger partial charge in [-0.3, -0.25) is 9.59 Å². The molecular weight excluding hydrogens is 249 g/mol. The van der Waals surface area contributed by atoms with Gasteiger partial charge in [-0.2, -0.15) is 0 Å². The summed E-state index contributed by atoms with van der Waals surface area (Å²) in [6.45, 7) is 1.89. The summed E-state index contributed by atoms with van der Waals surface area (Å²) in [5.74, 6) is -1.10. The van der Waals surface area contributed by atoms with Gasteiger partial charge in [0.05, 0.1) is 6.61 Å². The maximum absolute atomic E-state index is 12.7. The molecule has 0 N–H and O–H groups in total. The predicted molar refractivity (Wildman–Crippen MR) is 69.7 cm³/mol. The number of hydrogen-bond donors (Lipinski definition) is 0. The quantitative estimate of drug-likeness (QED) is 0.603. The van der Waals surface area contributed by atoms with Crippen molar-refractivity contribution in [2.75, 3.05) is 20.2 Å². The minimum Gasteiger partial charge on any atom is -0.465 e. The molecule has 1 aromatic carbocycles. The zero-order valence-corrected chi connectivity index (χ0v) is 10.9. The Hall–Kier alpha value is -2.17. The van der Waals surface area contributed by atoms with Crippen LogP contribution in [0.2, 0.25) is 0 Å². The summed E-state index contributed by atoms with van der Waals surface area (Å²) < 4.78 is 17.4. The van der Waals surface area contributed by atoms with Gasteiger partial charge in [-0.15, -0.1) is 0 Å². The van der Waals surface area contributed by atoms with E-state index in [9.17, 15) is 14.0 Å². The Morgan fingerprint density at radius 3 is 2.53 bits per heavy atom. The topological polar surface area (TPSA) is 46.6 Å². The summed E-state index contributed by atoms with van der Waals surface area (Å²) in [6.07, 6.45) is 2.88. The van der Waals surface area contributed by atoms with E-state index in [1.165, 1.54) is 30.2 Å². The zero-order valence-electron chi connectivity index (χ0n) is 10.9. The number of halogens is 1. The monoisotopic (exact) mass is 265 g/mol. The van der Waals surface area contributed by atoms with Crippen molar-refractivity contribution >= 4 is 18.0 Å². The number of likely N-dealkylation sites (N-methyl/N-ethyl adjacent to an activating group) is 1. The highest BCUT2D eigenvalue weighted by atomic mass is 19.1. The fourth-order valence-electron chi connectivity index (χ4n) is 1.35. The van der Waals surface area contributed by atoms with E-state index in [0.29, 0.717) is 5.56 Å². The SMILES string of the molecule is CCOC(=O)CN(C)C(=O)/C=C/c1ccc(F)cc1. The molecule has 1 rings (SSSR count). The molecule has 1 amide bonds. The minimum atomic E-state index is -0.450. The number of carbonyl (C=O) groups excluding carboxylic acids is 2. The van der Waals surface area contributed by atoms with E-state index in [4.69, 9.17) is 4.74 Å². The molecule has 102 valence electrons. The van der Waals surface area contributed by atoms with Gasteiger partial charge < -0.3 is 9.64 Å². The highest BCUT2D eigenvalue weighted by molar-refractivity contribution is 5.93. The minimum absolute atomic E-state index is 0.0968. The van der Waals surface area contributed by atoms with E-state index in [0.717, 1.165) is 0 Å². The molecule has 0 spiro atoms. The van der Waals surface area contributed by atoms with Crippen LogP contribution in [0.3, 0.4) is 0 Å². The van der Waals surface area contributed by atoms with Gasteiger partial charge in [0.2, 0.25) is 5.91 Å². The highest BCUT2D eigenvalue weighted by Gasteiger charge is 2.10. The Morgan fingerprint density at radius 2 is 1.95 bits per heavy atom. The molecule has 0 aliphatic rings. The van der Waals surface area contributed by atoms with Gasteiger partial charge in [0.1, 0.15) is 12.4 Å². The Balaban J connectivity index is 2.54. The van der Waals surface area contributed by atoms with Gasteiger partial charge in [0.15, 0.2) is 0 Å². The largest absolute Gasteiger partial charge is 0.465 e. The van der Waals surface area contributed by atoms with Crippen molar-refractivity contribution in [1.82, 2.24) is 4.90 Å². The molecule has 0 saturated carbocycles. The van der Waals surface area contributed by atoms with Gasteiger partial charge in [0, 0.05) is 13.1 Å². The molecular formula is C14H16FNO3. The summed E-state index contributed by atoms with van der Waals surface area (Å²) in [5, 5.41) is 0. The van der Waals surface area contributed by atoms with Crippen LogP contribution in [0.15, 0.2) is 30.3 Å². The molecule has 0 saturated heterocycles. The number of esters is 1. The van der Waals surface area contributed by atoms with Crippen LogP contribution in [0.25, 0.3) is 6.08 Å². The molecule has 0 unspecified atom stereocenters. The predicted octanol–water partition coefficient (Wildman–Crippen LogP) is 1.86. The van der Waals surface area contributed by atoms with Gasteiger partial charge in [0.25, 0.3) is 0 Å². The smallest absolute Gasteiger partial charge is 0.325 e. The van der Waals surface area contributed by atoms with Crippen molar-refractivity contribution in [2.45, 2.75) is 6.92 Å². The third kappa shape index (κ3) is 5.33. The lowest BCUT2D eigenvalue weighted by Crippen LogP contribution is -2.31. The molecule has 1 aromatic rings. The number of rotatable bonds is 5. The second kappa shape index (κ2) is 7.31. The average molecular weight is 265 g/mol. The fraction of sp³-hybridized carbons (Fsp3) is 0.286. The molecule has 4 nitrogen and oxygen atoms in total. The maximum Gasteiger partial charge on any atom is 0.325 e. The summed E-state index contributed by atoms with van der Waals surface area (Å²) in [4.78, 5) is 24.1. The first-order valence-electron chi connectivity index (χ1n) is 5.87. The van der Waals surface area contributed by atoms with Crippen LogP contribution in [0.5, 0.6) is 0 Å². The Morgan fingerprint density at radius 1 is 1.32 bits per heavy atom. The van der Waals surface area contributed by atoms with Crippen molar-refractivity contribution in [2.24, 2.45) is 0 Å². The Labute approximate surface area is 111 Å². The van der Waals surface area contributed by atoms with Crippen LogP contribution in [0, 0.1) is 5.82 Å². The first-order chi connectivity index (χ1) is 9.02. The van der Waals surface area contributed by atoms with Crippen LogP contribution >= 0.6 is 0 Å². The lowest BCUT2D eigenvalue weighted by atomic mass is 10.2. The summed E-state index contributed by atoms with van der Waals surface area (Å²) in [7, 11) is 1.51. The van der Waals surface area contributed by atoms with Gasteiger partial charge in [-0.1, -0.05) is 12.1 Å². The Kier molecular flexibility index (Phi) is 5.73. The normalized spacial score (nSPS) is 10.5. The second-order valence-corrected chi connectivity index (χ2v) is 3.88. The first-order valence-corrected chi connectivity index (χ1v) is 5.87. The highest BCUT2D eigenvalue weighted by Crippen LogP contribution is 2.05. The molecule has 0 aliphatic heterocycles. The van der Waals surface area contributed by atoms with E-state index in [1.807, 2.05) is 0 Å². The van der Waals surface area contributed by atoms with Crippen LogP contribution in [-0.4, -0.2) is 37.0 Å². The van der Waals surface area contributed by atoms with E-state index >= 15 is 0 Å². The number of amides is 1. The van der Waals surface area contributed by atoms with Crippen molar-refractivity contribution in [1.29, 1.82) is 0 Å². The molecule has 0 aliphatic carbocycles. The van der Waals surface area contributed by atoms with Crippen LogP contribution in [-0.2, 0) is 14.3 Å². The van der Waals surface area contributed by atoms with Gasteiger partial charge in [-0.25, -0.2) is 4.39 Å². The molecule has 19 heavy (non-hydrogen) atoms. The number of nitrogens with zero attached hydrogens (tertiary/aromatic N) is 1. The first kappa shape index (κ1) is 14.9. The summed E-state index contributed by atoms with van der Waals surface area (Å²) >= 11 is 0. The van der Waals surface area contributed by atoms with Crippen molar-refractivity contribution in [3.63, 3.8) is 0 Å². The number of benzene rings is 1. The van der Waals surface area contributed by atoms with Crippen LogP contribution < -0.4 is 0 Å². The number of hydrogen-bond acceptors (Lipinski definition) is 3. The van der Waals surface area contributed by atoms with Crippen molar-refractivity contribution in [3.8, 4) is 0 Å². The molecule has 0 bridgehead atoms. The van der Waals surface area contributed by atoms with Crippen molar-refractivity contribution < 1.29 is 18.7 Å². The third-order valence-corrected chi connectivity index (χ3v) is 2.34. The van der Waals surface area contributed by atoms with Gasteiger partial charge in [-0.05, 0) is 30.7 Å². The Bertz CT molecular complexity index is 468. The van der Waals surface area contributed by atoms with Gasteiger partial charge >= 0.3 is 5.97 Å². The molecule has 5 heteroatoms. The fourth-order valence-corrected chi connectivity index (χ4v) is 1.35. The molecule has 0 radical (unpaired) electrons. The van der Waals surface area contributed by atoms with E-state index in [2.05, 4.69) is 0 Å². The standard InChI is InChI=1S/C14H16FNO3/c1-3-19-14(18)10-16(2)13(17)9-6-11-4-7-12(15)8-5-11/h4-9H,3,10H2,1-2H3/b9-6+. The molecule has 0 fully saturated rings. The van der Waals surface area contributed by atoms with Crippen molar-refractivity contribution in [3.05, 3.63) is 41.7 Å². The zero-order chi connectivity index (χ0) is 14.3. The maximum atomic E-state index is 12.7. The number of carbonyl (C=O) groups is 2. The molecule has 0 atom stereocenters.